The van der Waals surface area contributed by atoms with E-state index in [1.54, 1.807) is 28.8 Å². The minimum absolute atomic E-state index is 0.0131. The van der Waals surface area contributed by atoms with Crippen molar-refractivity contribution in [3.05, 3.63) is 82.9 Å². The van der Waals surface area contributed by atoms with E-state index < -0.39 is 10.8 Å². The summed E-state index contributed by atoms with van der Waals surface area (Å²) in [6, 6.07) is 16.4. The predicted molar refractivity (Wildman–Crippen MR) is 129 cm³/mol. The van der Waals surface area contributed by atoms with Crippen LogP contribution in [0.4, 0.5) is 11.4 Å². The third-order valence-electron chi connectivity index (χ3n) is 4.65. The maximum atomic E-state index is 12.6. The number of hydrogen-bond acceptors (Lipinski definition) is 9. The molecule has 0 aliphatic rings. The smallest absolute Gasteiger partial charge is 0.293 e. The molecule has 13 heteroatoms. The molecule has 2 N–H and O–H groups in total. The summed E-state index contributed by atoms with van der Waals surface area (Å²) in [5.41, 5.74) is 1.92. The van der Waals surface area contributed by atoms with Crippen molar-refractivity contribution in [1.82, 2.24) is 25.1 Å². The maximum Gasteiger partial charge on any atom is 0.293 e. The Morgan fingerprint density at radius 2 is 1.94 bits per heavy atom. The molecule has 0 aliphatic heterocycles. The number of nitro groups is 1. The first-order valence-corrected chi connectivity index (χ1v) is 10.9. The molecule has 0 radical (unpaired) electrons. The van der Waals surface area contributed by atoms with Crippen LogP contribution in [0.5, 0.6) is 0 Å². The molecule has 0 aliphatic carbocycles. The van der Waals surface area contributed by atoms with Crippen molar-refractivity contribution in [3.8, 4) is 21.9 Å². The molecule has 1 amide bonds. The van der Waals surface area contributed by atoms with Gasteiger partial charge in [0.05, 0.1) is 4.92 Å². The van der Waals surface area contributed by atoms with Crippen LogP contribution in [0.3, 0.4) is 0 Å². The molecule has 0 unspecified atom stereocenters. The van der Waals surface area contributed by atoms with Crippen molar-refractivity contribution >= 4 is 50.9 Å². The number of furan rings is 1. The van der Waals surface area contributed by atoms with Crippen LogP contribution in [0.1, 0.15) is 10.6 Å². The molecule has 5 rings (SSSR count). The van der Waals surface area contributed by atoms with Gasteiger partial charge >= 0.3 is 0 Å². The summed E-state index contributed by atoms with van der Waals surface area (Å²) in [6.45, 7) is 0. The monoisotopic (exact) mass is 491 g/mol. The van der Waals surface area contributed by atoms with E-state index in [9.17, 15) is 14.9 Å². The number of carbonyl (C=O) groups excluding carboxylic acids is 1. The van der Waals surface area contributed by atoms with Crippen LogP contribution < -0.4 is 10.6 Å². The highest BCUT2D eigenvalue weighted by atomic mass is 32.1. The van der Waals surface area contributed by atoms with E-state index in [4.69, 9.17) is 16.6 Å². The van der Waals surface area contributed by atoms with Crippen molar-refractivity contribution in [1.29, 1.82) is 0 Å². The number of rotatable bonds is 5. The van der Waals surface area contributed by atoms with Gasteiger partial charge in [-0.15, -0.1) is 10.2 Å². The summed E-state index contributed by atoms with van der Waals surface area (Å²) >= 11 is 6.66. The number of fused-ring (bicyclic) bond motifs is 1. The molecule has 0 spiro atoms. The molecular formula is C21H13N7O4S2. The topological polar surface area (TPSA) is 140 Å². The Morgan fingerprint density at radius 3 is 2.76 bits per heavy atom. The van der Waals surface area contributed by atoms with Crippen LogP contribution in [0, 0.1) is 10.1 Å². The third kappa shape index (κ3) is 4.37. The third-order valence-corrected chi connectivity index (χ3v) is 5.82. The lowest BCUT2D eigenvalue weighted by molar-refractivity contribution is -0.384. The fourth-order valence-electron chi connectivity index (χ4n) is 3.12. The SMILES string of the molecule is O=C(NC(=S)Nc1cccc(-c2nn3cnnc3s2)c1)c1ccc(-c2cccc([N+](=O)[O-])c2)o1. The molecule has 11 nitrogen and oxygen atoms in total. The summed E-state index contributed by atoms with van der Waals surface area (Å²) in [6.07, 6.45) is 1.53. The second-order valence-corrected chi connectivity index (χ2v) is 8.29. The van der Waals surface area contributed by atoms with Gasteiger partial charge in [-0.1, -0.05) is 35.6 Å². The normalized spacial score (nSPS) is 10.8. The lowest BCUT2D eigenvalue weighted by Crippen LogP contribution is -2.33. The highest BCUT2D eigenvalue weighted by Crippen LogP contribution is 2.27. The molecular weight excluding hydrogens is 478 g/mol. The quantitative estimate of drug-likeness (QED) is 0.211. The molecule has 0 saturated heterocycles. The van der Waals surface area contributed by atoms with Gasteiger partial charge in [-0.25, -0.2) is 0 Å². The van der Waals surface area contributed by atoms with Gasteiger partial charge in [0.1, 0.15) is 17.1 Å². The number of amides is 1. The van der Waals surface area contributed by atoms with E-state index in [1.165, 1.54) is 35.9 Å². The molecule has 0 saturated carbocycles. The highest BCUT2D eigenvalue weighted by Gasteiger charge is 2.16. The number of thiocarbonyl (C=S) groups is 1. The van der Waals surface area contributed by atoms with E-state index in [2.05, 4.69) is 25.9 Å². The Hall–Kier alpha value is -4.49. The molecule has 2 aromatic carbocycles. The highest BCUT2D eigenvalue weighted by molar-refractivity contribution is 7.80. The van der Waals surface area contributed by atoms with Crippen LogP contribution in [0.25, 0.3) is 26.9 Å². The van der Waals surface area contributed by atoms with Crippen LogP contribution in [0.2, 0.25) is 0 Å². The molecule has 0 bridgehead atoms. The Bertz CT molecular complexity index is 1530. The van der Waals surface area contributed by atoms with Crippen molar-refractivity contribution < 1.29 is 14.1 Å². The average molecular weight is 492 g/mol. The number of carbonyl (C=O) groups is 1. The number of aromatic nitrogens is 4. The predicted octanol–water partition coefficient (Wildman–Crippen LogP) is 4.15. The van der Waals surface area contributed by atoms with Crippen LogP contribution in [0.15, 0.2) is 71.4 Å². The number of nitrogens with zero attached hydrogens (tertiary/aromatic N) is 5. The molecule has 5 aromatic rings. The molecule has 0 atom stereocenters. The number of non-ortho nitro benzene ring substituents is 1. The van der Waals surface area contributed by atoms with Crippen molar-refractivity contribution in [3.63, 3.8) is 0 Å². The maximum absolute atomic E-state index is 12.6. The molecule has 3 heterocycles. The standard InChI is InChI=1S/C21H13N7O4S2/c29-18(17-8-7-16(32-17)12-3-2-6-15(10-12)28(30)31)24-20(33)23-14-5-1-4-13(9-14)19-26-27-11-22-25-21(27)34-19/h1-11H,(H2,23,24,29,33). The second-order valence-electron chi connectivity index (χ2n) is 6.93. The summed E-state index contributed by atoms with van der Waals surface area (Å²) in [7, 11) is 0. The van der Waals surface area contributed by atoms with Gasteiger partial charge in [0.25, 0.3) is 11.6 Å². The summed E-state index contributed by atoms with van der Waals surface area (Å²) in [5.74, 6) is -0.219. The second kappa shape index (κ2) is 8.80. The van der Waals surface area contributed by atoms with Gasteiger partial charge in [-0.3, -0.25) is 20.2 Å². The number of nitrogens with one attached hydrogen (secondary N) is 2. The van der Waals surface area contributed by atoms with Crippen molar-refractivity contribution in [2.75, 3.05) is 5.32 Å². The Morgan fingerprint density at radius 1 is 1.12 bits per heavy atom. The summed E-state index contributed by atoms with van der Waals surface area (Å²) < 4.78 is 7.17. The van der Waals surface area contributed by atoms with E-state index in [1.807, 2.05) is 18.2 Å². The van der Waals surface area contributed by atoms with Crippen LogP contribution >= 0.6 is 23.6 Å². The first-order valence-electron chi connectivity index (χ1n) is 9.70. The zero-order valence-electron chi connectivity index (χ0n) is 17.0. The first kappa shape index (κ1) is 21.4. The lowest BCUT2D eigenvalue weighted by Gasteiger charge is -2.09. The van der Waals surface area contributed by atoms with E-state index in [0.29, 0.717) is 22.0 Å². The zero-order valence-corrected chi connectivity index (χ0v) is 18.7. The minimum Gasteiger partial charge on any atom is -0.451 e. The Balaban J connectivity index is 1.26. The van der Waals surface area contributed by atoms with Gasteiger partial charge in [-0.05, 0) is 36.5 Å². The molecule has 34 heavy (non-hydrogen) atoms. The summed E-state index contributed by atoms with van der Waals surface area (Å²) in [4.78, 5) is 23.7. The van der Waals surface area contributed by atoms with E-state index in [-0.39, 0.29) is 16.6 Å². The summed E-state index contributed by atoms with van der Waals surface area (Å²) in [5, 5.41) is 29.5. The van der Waals surface area contributed by atoms with Gasteiger partial charge in [-0.2, -0.15) is 9.61 Å². The van der Waals surface area contributed by atoms with E-state index >= 15 is 0 Å². The zero-order chi connectivity index (χ0) is 23.7. The molecule has 0 fully saturated rings. The number of nitro benzene ring substituents is 1. The molecule has 168 valence electrons. The van der Waals surface area contributed by atoms with Gasteiger partial charge in [0.2, 0.25) is 4.96 Å². The van der Waals surface area contributed by atoms with Gasteiger partial charge in [0.15, 0.2) is 10.9 Å². The van der Waals surface area contributed by atoms with Gasteiger partial charge < -0.3 is 9.73 Å². The number of anilines is 1. The Kier molecular flexibility index (Phi) is 5.53. The number of benzene rings is 2. The van der Waals surface area contributed by atoms with Crippen LogP contribution in [-0.4, -0.2) is 35.8 Å². The van der Waals surface area contributed by atoms with E-state index in [0.717, 1.165) is 10.6 Å². The molecule has 3 aromatic heterocycles. The lowest BCUT2D eigenvalue weighted by atomic mass is 10.1. The fraction of sp³-hybridized carbons (Fsp3) is 0. The average Bonchev–Trinajstić information content (AvgIpc) is 3.56. The number of hydrogen-bond donors (Lipinski definition) is 2. The van der Waals surface area contributed by atoms with Gasteiger partial charge in [0, 0.05) is 28.9 Å². The largest absolute Gasteiger partial charge is 0.451 e. The first-order chi connectivity index (χ1) is 16.5. The Labute approximate surface area is 200 Å². The minimum atomic E-state index is -0.556. The van der Waals surface area contributed by atoms with Crippen molar-refractivity contribution in [2.24, 2.45) is 0 Å². The van der Waals surface area contributed by atoms with Crippen LogP contribution in [-0.2, 0) is 0 Å². The van der Waals surface area contributed by atoms with Crippen molar-refractivity contribution in [2.45, 2.75) is 0 Å². The fourth-order valence-corrected chi connectivity index (χ4v) is 4.15.